The number of nitrogens with one attached hydrogen (secondary N) is 2. The lowest BCUT2D eigenvalue weighted by molar-refractivity contribution is -0.133. The summed E-state index contributed by atoms with van der Waals surface area (Å²) >= 11 is 0. The summed E-state index contributed by atoms with van der Waals surface area (Å²) in [5.41, 5.74) is -0.181. The zero-order chi connectivity index (χ0) is 24.6. The quantitative estimate of drug-likeness (QED) is 0.548. The topological polar surface area (TPSA) is 106 Å². The van der Waals surface area contributed by atoms with E-state index in [0.29, 0.717) is 36.0 Å². The highest BCUT2D eigenvalue weighted by atomic mass is 16.5. The first-order valence-electron chi connectivity index (χ1n) is 11.3. The lowest BCUT2D eigenvalue weighted by Crippen LogP contribution is -2.42. The minimum absolute atomic E-state index is 0.417. The van der Waals surface area contributed by atoms with Crippen LogP contribution >= 0.6 is 0 Å². The Kier molecular flexibility index (Phi) is 5.68. The average Bonchev–Trinajstić information content (AvgIpc) is 3.01. The number of hydrogen-bond acceptors (Lipinski definition) is 6. The Morgan fingerprint density at radius 2 is 1.77 bits per heavy atom. The molecule has 2 N–H and O–H groups in total. The first-order chi connectivity index (χ1) is 16.9. The summed E-state index contributed by atoms with van der Waals surface area (Å²) in [6.07, 6.45) is 0.771. The molecule has 1 fully saturated rings. The number of nitrogens with zero attached hydrogens (tertiary/aromatic N) is 1. The van der Waals surface area contributed by atoms with Crippen LogP contribution in [0.2, 0.25) is 0 Å². The van der Waals surface area contributed by atoms with Crippen molar-refractivity contribution in [3.63, 3.8) is 0 Å². The predicted molar refractivity (Wildman–Crippen MR) is 129 cm³/mol. The molecule has 0 aliphatic carbocycles. The maximum atomic E-state index is 13.3. The van der Waals surface area contributed by atoms with Crippen molar-refractivity contribution in [3.8, 4) is 17.2 Å². The molecule has 35 heavy (non-hydrogen) atoms. The summed E-state index contributed by atoms with van der Waals surface area (Å²) in [6.45, 7) is 2.31. The smallest absolute Gasteiger partial charge is 0.325 e. The number of amides is 4. The second-order valence-corrected chi connectivity index (χ2v) is 8.63. The van der Waals surface area contributed by atoms with E-state index in [4.69, 9.17) is 14.2 Å². The van der Waals surface area contributed by atoms with Gasteiger partial charge in [0.25, 0.3) is 5.91 Å². The lowest BCUT2D eigenvalue weighted by Gasteiger charge is -2.22. The van der Waals surface area contributed by atoms with E-state index >= 15 is 0 Å². The molecule has 180 valence electrons. The number of carbonyl (C=O) groups excluding carboxylic acids is 3. The second-order valence-electron chi connectivity index (χ2n) is 8.63. The monoisotopic (exact) mass is 475 g/mol. The molecule has 2 heterocycles. The fourth-order valence-electron chi connectivity index (χ4n) is 4.28. The highest BCUT2D eigenvalue weighted by molar-refractivity contribution is 6.10. The third-order valence-electron chi connectivity index (χ3n) is 6.23. The SMILES string of the molecule is COc1ccc2cc([C@@]3(C)NC(=O)N(CC(=O)Nc4ccc5c(c4)OCCCO5)C3=O)ccc2c1. The fraction of sp³-hybridized carbons (Fsp3) is 0.269. The van der Waals surface area contributed by atoms with Crippen LogP contribution in [0.5, 0.6) is 17.2 Å². The van der Waals surface area contributed by atoms with Crippen LogP contribution < -0.4 is 24.8 Å². The van der Waals surface area contributed by atoms with Crippen LogP contribution in [0.1, 0.15) is 18.9 Å². The van der Waals surface area contributed by atoms with Gasteiger partial charge in [0.2, 0.25) is 5.91 Å². The van der Waals surface area contributed by atoms with Gasteiger partial charge in [-0.25, -0.2) is 4.79 Å². The summed E-state index contributed by atoms with van der Waals surface area (Å²) in [5.74, 6) is 0.880. The molecule has 4 amide bonds. The Balaban J connectivity index is 1.31. The van der Waals surface area contributed by atoms with Crippen LogP contribution in [-0.2, 0) is 15.1 Å². The molecule has 2 aliphatic rings. The van der Waals surface area contributed by atoms with Crippen LogP contribution in [0.4, 0.5) is 10.5 Å². The van der Waals surface area contributed by atoms with E-state index in [2.05, 4.69) is 10.6 Å². The van der Waals surface area contributed by atoms with E-state index < -0.39 is 29.9 Å². The van der Waals surface area contributed by atoms with Gasteiger partial charge in [0.05, 0.1) is 20.3 Å². The van der Waals surface area contributed by atoms with E-state index in [9.17, 15) is 14.4 Å². The van der Waals surface area contributed by atoms with E-state index in [0.717, 1.165) is 27.8 Å². The van der Waals surface area contributed by atoms with E-state index in [-0.39, 0.29) is 0 Å². The molecule has 9 nitrogen and oxygen atoms in total. The highest BCUT2D eigenvalue weighted by Crippen LogP contribution is 2.33. The molecule has 1 saturated heterocycles. The van der Waals surface area contributed by atoms with Crippen LogP contribution in [0, 0.1) is 0 Å². The molecule has 0 spiro atoms. The molecular weight excluding hydrogens is 450 g/mol. The van der Waals surface area contributed by atoms with Gasteiger partial charge in [-0.2, -0.15) is 0 Å². The fourth-order valence-corrected chi connectivity index (χ4v) is 4.28. The number of hydrogen-bond donors (Lipinski definition) is 2. The van der Waals surface area contributed by atoms with Crippen molar-refractivity contribution in [2.45, 2.75) is 18.9 Å². The maximum Gasteiger partial charge on any atom is 0.325 e. The summed E-state index contributed by atoms with van der Waals surface area (Å²) < 4.78 is 16.5. The Bertz CT molecular complexity index is 1340. The largest absolute Gasteiger partial charge is 0.497 e. The van der Waals surface area contributed by atoms with Crippen molar-refractivity contribution < 1.29 is 28.6 Å². The van der Waals surface area contributed by atoms with Crippen LogP contribution in [0.3, 0.4) is 0 Å². The summed E-state index contributed by atoms with van der Waals surface area (Å²) in [6, 6.07) is 15.6. The van der Waals surface area contributed by atoms with Gasteiger partial charge in [0.15, 0.2) is 11.5 Å². The van der Waals surface area contributed by atoms with Gasteiger partial charge < -0.3 is 24.8 Å². The third-order valence-corrected chi connectivity index (χ3v) is 6.23. The van der Waals surface area contributed by atoms with Crippen molar-refractivity contribution in [2.75, 3.05) is 32.2 Å². The third kappa shape index (κ3) is 4.21. The number of imide groups is 1. The second kappa shape index (κ2) is 8.83. The van der Waals surface area contributed by atoms with Crippen LogP contribution in [-0.4, -0.2) is 49.6 Å². The predicted octanol–water partition coefficient (Wildman–Crippen LogP) is 3.42. The molecule has 3 aromatic carbocycles. The number of anilines is 1. The highest BCUT2D eigenvalue weighted by Gasteiger charge is 2.49. The number of fused-ring (bicyclic) bond motifs is 2. The van der Waals surface area contributed by atoms with Gasteiger partial charge in [0, 0.05) is 18.2 Å². The number of rotatable bonds is 5. The minimum atomic E-state index is -1.29. The molecule has 0 aromatic heterocycles. The van der Waals surface area contributed by atoms with Crippen molar-refractivity contribution in [1.82, 2.24) is 10.2 Å². The first-order valence-corrected chi connectivity index (χ1v) is 11.3. The zero-order valence-electron chi connectivity index (χ0n) is 19.4. The minimum Gasteiger partial charge on any atom is -0.497 e. The van der Waals surface area contributed by atoms with E-state index in [1.54, 1.807) is 38.3 Å². The maximum absolute atomic E-state index is 13.3. The van der Waals surface area contributed by atoms with Gasteiger partial charge in [0.1, 0.15) is 17.8 Å². The molecule has 9 heteroatoms. The number of methoxy groups -OCH3 is 1. The molecule has 3 aromatic rings. The van der Waals surface area contributed by atoms with Crippen molar-refractivity contribution >= 4 is 34.3 Å². The van der Waals surface area contributed by atoms with Gasteiger partial charge in [-0.1, -0.05) is 18.2 Å². The molecule has 0 bridgehead atoms. The number of benzene rings is 3. The van der Waals surface area contributed by atoms with Crippen molar-refractivity contribution in [1.29, 1.82) is 0 Å². The van der Waals surface area contributed by atoms with Crippen LogP contribution in [0.15, 0.2) is 54.6 Å². The molecule has 1 atom stereocenters. The summed E-state index contributed by atoms with van der Waals surface area (Å²) in [5, 5.41) is 7.31. The molecular formula is C26H25N3O6. The van der Waals surface area contributed by atoms with Crippen molar-refractivity contribution in [3.05, 3.63) is 60.2 Å². The van der Waals surface area contributed by atoms with Gasteiger partial charge >= 0.3 is 6.03 Å². The molecule has 0 radical (unpaired) electrons. The van der Waals surface area contributed by atoms with E-state index in [1.165, 1.54) is 0 Å². The molecule has 0 unspecified atom stereocenters. The Labute approximate surface area is 201 Å². The van der Waals surface area contributed by atoms with E-state index in [1.807, 2.05) is 30.3 Å². The van der Waals surface area contributed by atoms with Gasteiger partial charge in [-0.15, -0.1) is 0 Å². The Hall–Kier alpha value is -4.27. The Morgan fingerprint density at radius 1 is 1.03 bits per heavy atom. The average molecular weight is 476 g/mol. The first kappa shape index (κ1) is 22.5. The molecule has 2 aliphatic heterocycles. The standard InChI is InChI=1S/C26H25N3O6/c1-26(18-6-4-17-13-20(33-2)8-5-16(17)12-18)24(31)29(25(32)28-26)15-23(30)27-19-7-9-21-22(14-19)35-11-3-10-34-21/h4-9,12-14H,3,10-11,15H2,1-2H3,(H,27,30)(H,28,32)/t26-/m1/s1. The lowest BCUT2D eigenvalue weighted by atomic mass is 9.90. The number of ether oxygens (including phenoxy) is 3. The summed E-state index contributed by atoms with van der Waals surface area (Å²) in [7, 11) is 1.60. The zero-order valence-corrected chi connectivity index (χ0v) is 19.4. The number of carbonyl (C=O) groups is 3. The van der Waals surface area contributed by atoms with Crippen LogP contribution in [0.25, 0.3) is 10.8 Å². The number of urea groups is 1. The molecule has 0 saturated carbocycles. The van der Waals surface area contributed by atoms with Gasteiger partial charge in [-0.05, 0) is 53.6 Å². The van der Waals surface area contributed by atoms with Gasteiger partial charge in [-0.3, -0.25) is 14.5 Å². The Morgan fingerprint density at radius 3 is 2.57 bits per heavy atom. The molecule has 5 rings (SSSR count). The normalized spacial score (nSPS) is 19.3. The van der Waals surface area contributed by atoms with Crippen molar-refractivity contribution in [2.24, 2.45) is 0 Å². The summed E-state index contributed by atoms with van der Waals surface area (Å²) in [4.78, 5) is 39.6.